The van der Waals surface area contributed by atoms with Crippen molar-refractivity contribution in [1.82, 2.24) is 10.3 Å². The molecule has 0 unspecified atom stereocenters. The molecule has 80 valence electrons. The molecule has 0 fully saturated rings. The fourth-order valence-electron chi connectivity index (χ4n) is 1.51. The van der Waals surface area contributed by atoms with Crippen molar-refractivity contribution < 1.29 is 0 Å². The summed E-state index contributed by atoms with van der Waals surface area (Å²) < 4.78 is 0. The van der Waals surface area contributed by atoms with Gasteiger partial charge in [0.25, 0.3) is 0 Å². The fourth-order valence-corrected chi connectivity index (χ4v) is 2.22. The highest BCUT2D eigenvalue weighted by atomic mass is 32.1. The Hall–Kier alpha value is -0.410. The molecule has 1 aromatic heterocycles. The molecule has 0 aliphatic heterocycles. The lowest BCUT2D eigenvalue weighted by atomic mass is 9.99. The Kier molecular flexibility index (Phi) is 4.08. The third-order valence-corrected chi connectivity index (χ3v) is 3.23. The van der Waals surface area contributed by atoms with E-state index in [-0.39, 0.29) is 5.54 Å². The normalized spacial score (nSPS) is 12.0. The molecular weight excluding hydrogens is 192 g/mol. The summed E-state index contributed by atoms with van der Waals surface area (Å²) in [6, 6.07) is 0. The molecular formula is C11H20N2S. The topological polar surface area (TPSA) is 24.9 Å². The van der Waals surface area contributed by atoms with E-state index in [1.165, 1.54) is 17.8 Å². The predicted octanol–water partition coefficient (Wildman–Crippen LogP) is 3.12. The highest BCUT2D eigenvalue weighted by molar-refractivity contribution is 7.09. The summed E-state index contributed by atoms with van der Waals surface area (Å²) in [5, 5.41) is 6.83. The van der Waals surface area contributed by atoms with E-state index < -0.39 is 0 Å². The SMILES string of the molecule is CCCC(C)(C)NCc1nc(C)cs1. The molecule has 14 heavy (non-hydrogen) atoms. The van der Waals surface area contributed by atoms with Gasteiger partial charge in [0.15, 0.2) is 0 Å². The third kappa shape index (κ3) is 3.76. The first kappa shape index (κ1) is 11.7. The van der Waals surface area contributed by atoms with E-state index in [4.69, 9.17) is 0 Å². The largest absolute Gasteiger partial charge is 0.305 e. The molecule has 0 radical (unpaired) electrons. The van der Waals surface area contributed by atoms with Gasteiger partial charge in [-0.05, 0) is 27.2 Å². The number of thiazole rings is 1. The summed E-state index contributed by atoms with van der Waals surface area (Å²) in [5.74, 6) is 0. The van der Waals surface area contributed by atoms with Gasteiger partial charge in [-0.3, -0.25) is 0 Å². The predicted molar refractivity (Wildman–Crippen MR) is 62.7 cm³/mol. The van der Waals surface area contributed by atoms with Crippen molar-refractivity contribution in [1.29, 1.82) is 0 Å². The highest BCUT2D eigenvalue weighted by Gasteiger charge is 2.15. The Morgan fingerprint density at radius 2 is 2.21 bits per heavy atom. The maximum Gasteiger partial charge on any atom is 0.107 e. The van der Waals surface area contributed by atoms with Crippen LogP contribution in [0, 0.1) is 6.92 Å². The minimum absolute atomic E-state index is 0.230. The Labute approximate surface area is 90.8 Å². The van der Waals surface area contributed by atoms with Crippen LogP contribution in [0.4, 0.5) is 0 Å². The second-order valence-corrected chi connectivity index (χ2v) is 5.31. The average Bonchev–Trinajstić information content (AvgIpc) is 2.48. The van der Waals surface area contributed by atoms with Crippen molar-refractivity contribution in [3.63, 3.8) is 0 Å². The number of aryl methyl sites for hydroxylation is 1. The molecule has 0 saturated carbocycles. The van der Waals surface area contributed by atoms with Gasteiger partial charge in [-0.15, -0.1) is 11.3 Å². The maximum atomic E-state index is 4.43. The van der Waals surface area contributed by atoms with Gasteiger partial charge in [0.05, 0.1) is 0 Å². The molecule has 3 heteroatoms. The van der Waals surface area contributed by atoms with E-state index in [0.717, 1.165) is 12.2 Å². The number of rotatable bonds is 5. The van der Waals surface area contributed by atoms with Crippen molar-refractivity contribution in [3.05, 3.63) is 16.1 Å². The van der Waals surface area contributed by atoms with Gasteiger partial charge in [-0.25, -0.2) is 4.98 Å². The molecule has 0 amide bonds. The number of hydrogen-bond acceptors (Lipinski definition) is 3. The molecule has 1 N–H and O–H groups in total. The fraction of sp³-hybridized carbons (Fsp3) is 0.727. The number of nitrogens with zero attached hydrogens (tertiary/aromatic N) is 1. The second-order valence-electron chi connectivity index (χ2n) is 4.37. The van der Waals surface area contributed by atoms with Crippen LogP contribution in [0.1, 0.15) is 44.3 Å². The molecule has 0 aromatic carbocycles. The van der Waals surface area contributed by atoms with Crippen LogP contribution in [0.15, 0.2) is 5.38 Å². The summed E-state index contributed by atoms with van der Waals surface area (Å²) in [4.78, 5) is 4.43. The molecule has 1 heterocycles. The molecule has 2 nitrogen and oxygen atoms in total. The first-order chi connectivity index (χ1) is 6.53. The van der Waals surface area contributed by atoms with Crippen molar-refractivity contribution in [3.8, 4) is 0 Å². The molecule has 1 rings (SSSR count). The first-order valence-electron chi connectivity index (χ1n) is 5.19. The van der Waals surface area contributed by atoms with Crippen molar-refractivity contribution in [2.45, 2.75) is 52.6 Å². The van der Waals surface area contributed by atoms with Gasteiger partial charge < -0.3 is 5.32 Å². The Balaban J connectivity index is 2.40. The van der Waals surface area contributed by atoms with Gasteiger partial charge in [0, 0.05) is 23.2 Å². The van der Waals surface area contributed by atoms with Crippen LogP contribution < -0.4 is 5.32 Å². The van der Waals surface area contributed by atoms with Crippen LogP contribution >= 0.6 is 11.3 Å². The standard InChI is InChI=1S/C11H20N2S/c1-5-6-11(3,4)12-7-10-13-9(2)8-14-10/h8,12H,5-7H2,1-4H3. The first-order valence-corrected chi connectivity index (χ1v) is 6.07. The van der Waals surface area contributed by atoms with Gasteiger partial charge >= 0.3 is 0 Å². The molecule has 0 atom stereocenters. The number of nitrogens with one attached hydrogen (secondary N) is 1. The summed E-state index contributed by atoms with van der Waals surface area (Å²) in [6.45, 7) is 9.65. The van der Waals surface area contributed by atoms with Crippen LogP contribution in [0.25, 0.3) is 0 Å². The van der Waals surface area contributed by atoms with Crippen LogP contribution in [0.3, 0.4) is 0 Å². The Morgan fingerprint density at radius 1 is 1.50 bits per heavy atom. The van der Waals surface area contributed by atoms with E-state index in [9.17, 15) is 0 Å². The summed E-state index contributed by atoms with van der Waals surface area (Å²) >= 11 is 1.73. The van der Waals surface area contributed by atoms with Crippen LogP contribution in [-0.2, 0) is 6.54 Å². The molecule has 0 saturated heterocycles. The van der Waals surface area contributed by atoms with Gasteiger partial charge in [0.1, 0.15) is 5.01 Å². The Bertz CT molecular complexity index is 279. The van der Waals surface area contributed by atoms with E-state index in [2.05, 4.69) is 36.5 Å². The number of hydrogen-bond donors (Lipinski definition) is 1. The van der Waals surface area contributed by atoms with Crippen LogP contribution in [-0.4, -0.2) is 10.5 Å². The minimum atomic E-state index is 0.230. The quantitative estimate of drug-likeness (QED) is 0.811. The Morgan fingerprint density at radius 3 is 2.71 bits per heavy atom. The van der Waals surface area contributed by atoms with Crippen molar-refractivity contribution in [2.24, 2.45) is 0 Å². The zero-order valence-corrected chi connectivity index (χ0v) is 10.4. The summed E-state index contributed by atoms with van der Waals surface area (Å²) in [6.07, 6.45) is 2.42. The molecule has 0 bridgehead atoms. The second kappa shape index (κ2) is 4.89. The molecule has 1 aromatic rings. The van der Waals surface area contributed by atoms with E-state index in [1.54, 1.807) is 11.3 Å². The van der Waals surface area contributed by atoms with E-state index >= 15 is 0 Å². The minimum Gasteiger partial charge on any atom is -0.305 e. The lowest BCUT2D eigenvalue weighted by Gasteiger charge is -2.25. The van der Waals surface area contributed by atoms with Gasteiger partial charge in [-0.1, -0.05) is 13.3 Å². The van der Waals surface area contributed by atoms with Gasteiger partial charge in [0.2, 0.25) is 0 Å². The molecule has 0 spiro atoms. The zero-order valence-electron chi connectivity index (χ0n) is 9.55. The van der Waals surface area contributed by atoms with Crippen LogP contribution in [0.2, 0.25) is 0 Å². The third-order valence-electron chi connectivity index (χ3n) is 2.26. The van der Waals surface area contributed by atoms with E-state index in [0.29, 0.717) is 0 Å². The highest BCUT2D eigenvalue weighted by Crippen LogP contribution is 2.14. The molecule has 0 aliphatic carbocycles. The van der Waals surface area contributed by atoms with Crippen LogP contribution in [0.5, 0.6) is 0 Å². The van der Waals surface area contributed by atoms with Gasteiger partial charge in [-0.2, -0.15) is 0 Å². The van der Waals surface area contributed by atoms with E-state index in [1.807, 2.05) is 6.92 Å². The number of aromatic nitrogens is 1. The summed E-state index contributed by atoms with van der Waals surface area (Å²) in [5.41, 5.74) is 1.36. The summed E-state index contributed by atoms with van der Waals surface area (Å²) in [7, 11) is 0. The smallest absolute Gasteiger partial charge is 0.107 e. The lowest BCUT2D eigenvalue weighted by Crippen LogP contribution is -2.38. The van der Waals surface area contributed by atoms with Crippen molar-refractivity contribution in [2.75, 3.05) is 0 Å². The zero-order chi connectivity index (χ0) is 10.6. The monoisotopic (exact) mass is 212 g/mol. The average molecular weight is 212 g/mol. The maximum absolute atomic E-state index is 4.43. The van der Waals surface area contributed by atoms with Crippen molar-refractivity contribution >= 4 is 11.3 Å². The molecule has 0 aliphatic rings. The lowest BCUT2D eigenvalue weighted by molar-refractivity contribution is 0.356.